The van der Waals surface area contributed by atoms with E-state index in [4.69, 9.17) is 14.5 Å². The second-order valence-corrected chi connectivity index (χ2v) is 8.08. The highest BCUT2D eigenvalue weighted by atomic mass is 16.5. The number of piperazine rings is 1. The van der Waals surface area contributed by atoms with Gasteiger partial charge < -0.3 is 19.3 Å². The van der Waals surface area contributed by atoms with Crippen LogP contribution in [-0.4, -0.2) is 55.7 Å². The lowest BCUT2D eigenvalue weighted by Crippen LogP contribution is -2.50. The van der Waals surface area contributed by atoms with Gasteiger partial charge in [-0.05, 0) is 50.1 Å². The number of pyridine rings is 1. The molecule has 4 rings (SSSR count). The Morgan fingerprint density at radius 1 is 0.968 bits per heavy atom. The number of carbonyl (C=O) groups is 1. The number of nitrogens with zero attached hydrogens (tertiary/aromatic N) is 3. The predicted molar refractivity (Wildman–Crippen MR) is 123 cm³/mol. The number of methoxy groups -OCH3 is 1. The lowest BCUT2D eigenvalue weighted by Gasteiger charge is -2.35. The molecular weight excluding hydrogens is 390 g/mol. The molecule has 0 atom stereocenters. The van der Waals surface area contributed by atoms with Gasteiger partial charge in [-0.2, -0.15) is 0 Å². The van der Waals surface area contributed by atoms with E-state index in [0.29, 0.717) is 13.1 Å². The molecule has 0 aliphatic carbocycles. The Hall–Kier alpha value is -3.28. The van der Waals surface area contributed by atoms with Crippen LogP contribution < -0.4 is 14.4 Å². The minimum Gasteiger partial charge on any atom is -0.494 e. The van der Waals surface area contributed by atoms with Crippen LogP contribution in [0.1, 0.15) is 16.7 Å². The Balaban J connectivity index is 1.40. The maximum absolute atomic E-state index is 12.7. The molecule has 0 unspecified atom stereocenters. The third kappa shape index (κ3) is 4.43. The number of hydrogen-bond donors (Lipinski definition) is 0. The Morgan fingerprint density at radius 3 is 2.45 bits per heavy atom. The van der Waals surface area contributed by atoms with Crippen molar-refractivity contribution in [2.45, 2.75) is 20.8 Å². The average molecular weight is 420 g/mol. The summed E-state index contributed by atoms with van der Waals surface area (Å²) >= 11 is 0. The zero-order valence-electron chi connectivity index (χ0n) is 18.6. The predicted octanol–water partition coefficient (Wildman–Crippen LogP) is 3.90. The SMILES string of the molecule is COc1cccc2c(C)cc(N3CCN(C(=O)COc4ccc(C)cc4C)CC3)nc12. The molecule has 1 amide bonds. The Morgan fingerprint density at radius 2 is 1.74 bits per heavy atom. The number of aromatic nitrogens is 1. The van der Waals surface area contributed by atoms with Crippen LogP contribution in [0.5, 0.6) is 11.5 Å². The van der Waals surface area contributed by atoms with E-state index >= 15 is 0 Å². The smallest absolute Gasteiger partial charge is 0.260 e. The van der Waals surface area contributed by atoms with Crippen LogP contribution in [0.2, 0.25) is 0 Å². The van der Waals surface area contributed by atoms with Crippen molar-refractivity contribution >= 4 is 22.6 Å². The van der Waals surface area contributed by atoms with Crippen LogP contribution in [0.15, 0.2) is 42.5 Å². The number of ether oxygens (including phenoxy) is 2. The summed E-state index contributed by atoms with van der Waals surface area (Å²) in [6.45, 7) is 8.98. The molecule has 0 spiro atoms. The summed E-state index contributed by atoms with van der Waals surface area (Å²) in [5.74, 6) is 2.49. The van der Waals surface area contributed by atoms with Gasteiger partial charge in [0.05, 0.1) is 7.11 Å². The van der Waals surface area contributed by atoms with Crippen molar-refractivity contribution in [3.05, 3.63) is 59.2 Å². The molecule has 0 radical (unpaired) electrons. The van der Waals surface area contributed by atoms with Crippen LogP contribution >= 0.6 is 0 Å². The highest BCUT2D eigenvalue weighted by Gasteiger charge is 2.23. The van der Waals surface area contributed by atoms with Crippen molar-refractivity contribution in [3.63, 3.8) is 0 Å². The highest BCUT2D eigenvalue weighted by Crippen LogP contribution is 2.29. The van der Waals surface area contributed by atoms with Crippen LogP contribution in [0, 0.1) is 20.8 Å². The zero-order valence-corrected chi connectivity index (χ0v) is 18.6. The Labute approximate surface area is 183 Å². The zero-order chi connectivity index (χ0) is 22.0. The van der Waals surface area contributed by atoms with Crippen LogP contribution in [-0.2, 0) is 4.79 Å². The number of amides is 1. The Bertz CT molecular complexity index is 1100. The van der Waals surface area contributed by atoms with Gasteiger partial charge in [-0.1, -0.05) is 29.8 Å². The molecule has 1 aliphatic rings. The summed E-state index contributed by atoms with van der Waals surface area (Å²) in [4.78, 5) is 21.6. The van der Waals surface area contributed by atoms with E-state index in [1.807, 2.05) is 43.0 Å². The van der Waals surface area contributed by atoms with Gasteiger partial charge in [0.2, 0.25) is 0 Å². The lowest BCUT2D eigenvalue weighted by molar-refractivity contribution is -0.133. The monoisotopic (exact) mass is 419 g/mol. The summed E-state index contributed by atoms with van der Waals surface area (Å²) in [5, 5.41) is 1.10. The second-order valence-electron chi connectivity index (χ2n) is 8.08. The largest absolute Gasteiger partial charge is 0.494 e. The molecule has 1 aliphatic heterocycles. The Kier molecular flexibility index (Phi) is 5.98. The number of benzene rings is 2. The fourth-order valence-electron chi connectivity index (χ4n) is 4.08. The van der Waals surface area contributed by atoms with E-state index in [2.05, 4.69) is 30.0 Å². The maximum Gasteiger partial charge on any atom is 0.260 e. The summed E-state index contributed by atoms with van der Waals surface area (Å²) in [6, 6.07) is 14.1. The third-order valence-electron chi connectivity index (χ3n) is 5.85. The fourth-order valence-corrected chi connectivity index (χ4v) is 4.08. The first kappa shape index (κ1) is 21.0. The third-order valence-corrected chi connectivity index (χ3v) is 5.85. The number of aryl methyl sites for hydroxylation is 3. The van der Waals surface area contributed by atoms with E-state index in [9.17, 15) is 4.79 Å². The number of carbonyl (C=O) groups excluding carboxylic acids is 1. The van der Waals surface area contributed by atoms with Gasteiger partial charge in [-0.25, -0.2) is 4.98 Å². The minimum atomic E-state index is 0.0175. The van der Waals surface area contributed by atoms with Crippen molar-refractivity contribution < 1.29 is 14.3 Å². The first-order chi connectivity index (χ1) is 15.0. The summed E-state index contributed by atoms with van der Waals surface area (Å²) in [5.41, 5.74) is 4.27. The van der Waals surface area contributed by atoms with Crippen LogP contribution in [0.4, 0.5) is 5.82 Å². The normalized spacial score (nSPS) is 14.1. The van der Waals surface area contributed by atoms with Gasteiger partial charge in [0.15, 0.2) is 6.61 Å². The molecule has 2 aromatic carbocycles. The molecule has 6 nitrogen and oxygen atoms in total. The van der Waals surface area contributed by atoms with Crippen molar-refractivity contribution in [2.24, 2.45) is 0 Å². The molecule has 0 N–H and O–H groups in total. The standard InChI is InChI=1S/C25H29N3O3/c1-17-8-9-21(19(3)14-17)31-16-24(29)28-12-10-27(11-13-28)23-15-18(2)20-6-5-7-22(30-4)25(20)26-23/h5-9,14-15H,10-13,16H2,1-4H3. The number of anilines is 1. The molecule has 6 heteroatoms. The van der Waals surface area contributed by atoms with Crippen molar-refractivity contribution in [2.75, 3.05) is 44.8 Å². The lowest BCUT2D eigenvalue weighted by atomic mass is 10.1. The average Bonchev–Trinajstić information content (AvgIpc) is 2.78. The summed E-state index contributed by atoms with van der Waals surface area (Å²) < 4.78 is 11.3. The van der Waals surface area contributed by atoms with E-state index in [-0.39, 0.29) is 12.5 Å². The number of hydrogen-bond acceptors (Lipinski definition) is 5. The van der Waals surface area contributed by atoms with Crippen LogP contribution in [0.3, 0.4) is 0 Å². The molecule has 1 aromatic heterocycles. The van der Waals surface area contributed by atoms with E-state index in [0.717, 1.165) is 46.9 Å². The van der Waals surface area contributed by atoms with E-state index in [1.165, 1.54) is 11.1 Å². The molecule has 0 saturated carbocycles. The molecule has 3 aromatic rings. The molecule has 0 bridgehead atoms. The number of rotatable bonds is 5. The molecule has 1 fully saturated rings. The van der Waals surface area contributed by atoms with Crippen molar-refractivity contribution in [3.8, 4) is 11.5 Å². The molecule has 162 valence electrons. The van der Waals surface area contributed by atoms with Gasteiger partial charge >= 0.3 is 0 Å². The van der Waals surface area contributed by atoms with Crippen molar-refractivity contribution in [1.29, 1.82) is 0 Å². The molecule has 1 saturated heterocycles. The summed E-state index contributed by atoms with van der Waals surface area (Å²) in [7, 11) is 1.67. The topological polar surface area (TPSA) is 54.9 Å². The second kappa shape index (κ2) is 8.84. The fraction of sp³-hybridized carbons (Fsp3) is 0.360. The minimum absolute atomic E-state index is 0.0175. The summed E-state index contributed by atoms with van der Waals surface area (Å²) in [6.07, 6.45) is 0. The molecular formula is C25H29N3O3. The first-order valence-corrected chi connectivity index (χ1v) is 10.6. The van der Waals surface area contributed by atoms with E-state index in [1.54, 1.807) is 7.11 Å². The number of para-hydroxylation sites is 1. The van der Waals surface area contributed by atoms with Gasteiger partial charge in [0.25, 0.3) is 5.91 Å². The van der Waals surface area contributed by atoms with Gasteiger partial charge in [-0.15, -0.1) is 0 Å². The van der Waals surface area contributed by atoms with Gasteiger partial charge in [-0.3, -0.25) is 4.79 Å². The first-order valence-electron chi connectivity index (χ1n) is 10.6. The highest BCUT2D eigenvalue weighted by molar-refractivity contribution is 5.89. The van der Waals surface area contributed by atoms with Gasteiger partial charge in [0, 0.05) is 31.6 Å². The van der Waals surface area contributed by atoms with Gasteiger partial charge in [0.1, 0.15) is 22.8 Å². The molecule has 31 heavy (non-hydrogen) atoms. The quantitative estimate of drug-likeness (QED) is 0.628. The van der Waals surface area contributed by atoms with Crippen LogP contribution in [0.25, 0.3) is 10.9 Å². The van der Waals surface area contributed by atoms with Crippen molar-refractivity contribution in [1.82, 2.24) is 9.88 Å². The molecule has 2 heterocycles. The maximum atomic E-state index is 12.7. The van der Waals surface area contributed by atoms with E-state index < -0.39 is 0 Å². The number of fused-ring (bicyclic) bond motifs is 1.